The molecule has 0 aliphatic rings. The Hall–Kier alpha value is -1.32. The van der Waals surface area contributed by atoms with E-state index in [-0.39, 0.29) is 5.41 Å². The molecule has 0 aliphatic carbocycles. The minimum Gasteiger partial charge on any atom is -0.384 e. The molecular formula is C16H22ClN3. The van der Waals surface area contributed by atoms with Gasteiger partial charge in [-0.2, -0.15) is 0 Å². The summed E-state index contributed by atoms with van der Waals surface area (Å²) in [4.78, 5) is 6.58. The Kier molecular flexibility index (Phi) is 4.51. The van der Waals surface area contributed by atoms with Crippen molar-refractivity contribution < 1.29 is 0 Å². The fraction of sp³-hybridized carbons (Fsp3) is 0.438. The van der Waals surface area contributed by atoms with Crippen molar-refractivity contribution in [3.05, 3.63) is 35.5 Å². The summed E-state index contributed by atoms with van der Waals surface area (Å²) in [5, 5.41) is 5.37. The lowest BCUT2D eigenvalue weighted by Gasteiger charge is -2.29. The molecule has 0 aliphatic heterocycles. The van der Waals surface area contributed by atoms with Gasteiger partial charge in [-0.1, -0.05) is 25.4 Å². The molecule has 1 N–H and O–H groups in total. The lowest BCUT2D eigenvalue weighted by molar-refractivity contribution is 0.254. The van der Waals surface area contributed by atoms with Crippen LogP contribution in [0.15, 0.2) is 30.5 Å². The van der Waals surface area contributed by atoms with Crippen LogP contribution < -0.4 is 5.32 Å². The maximum Gasteiger partial charge on any atom is 0.0737 e. The predicted molar refractivity (Wildman–Crippen MR) is 87.6 cm³/mol. The van der Waals surface area contributed by atoms with E-state index in [0.717, 1.165) is 34.7 Å². The molecule has 2 rings (SSSR count). The Morgan fingerprint density at radius 1 is 1.25 bits per heavy atom. The average Bonchev–Trinajstić information content (AvgIpc) is 2.34. The average molecular weight is 292 g/mol. The first-order valence-electron chi connectivity index (χ1n) is 6.80. The van der Waals surface area contributed by atoms with Gasteiger partial charge in [0.1, 0.15) is 0 Å². The second-order valence-corrected chi connectivity index (χ2v) is 6.71. The quantitative estimate of drug-likeness (QED) is 0.906. The molecule has 0 amide bonds. The van der Waals surface area contributed by atoms with Gasteiger partial charge in [0, 0.05) is 35.4 Å². The summed E-state index contributed by atoms with van der Waals surface area (Å²) in [6, 6.07) is 7.84. The summed E-state index contributed by atoms with van der Waals surface area (Å²) in [6.45, 7) is 6.47. The Morgan fingerprint density at radius 3 is 2.70 bits per heavy atom. The normalized spacial score (nSPS) is 12.1. The van der Waals surface area contributed by atoms with E-state index in [0.29, 0.717) is 0 Å². The molecule has 0 unspecified atom stereocenters. The van der Waals surface area contributed by atoms with Crippen molar-refractivity contribution in [1.82, 2.24) is 9.88 Å². The highest BCUT2D eigenvalue weighted by atomic mass is 35.5. The van der Waals surface area contributed by atoms with Crippen molar-refractivity contribution >= 4 is 28.2 Å². The van der Waals surface area contributed by atoms with Gasteiger partial charge in [0.2, 0.25) is 0 Å². The molecule has 0 spiro atoms. The molecule has 0 saturated heterocycles. The van der Waals surface area contributed by atoms with Crippen molar-refractivity contribution in [2.75, 3.05) is 32.5 Å². The Balaban J connectivity index is 2.18. The van der Waals surface area contributed by atoms with Crippen molar-refractivity contribution in [3.8, 4) is 0 Å². The third kappa shape index (κ3) is 3.84. The van der Waals surface area contributed by atoms with E-state index >= 15 is 0 Å². The van der Waals surface area contributed by atoms with Crippen LogP contribution in [0.3, 0.4) is 0 Å². The van der Waals surface area contributed by atoms with Crippen LogP contribution in [-0.4, -0.2) is 37.1 Å². The molecule has 108 valence electrons. The smallest absolute Gasteiger partial charge is 0.0737 e. The first-order chi connectivity index (χ1) is 9.37. The number of fused-ring (bicyclic) bond motifs is 1. The highest BCUT2D eigenvalue weighted by molar-refractivity contribution is 6.31. The molecule has 0 radical (unpaired) electrons. The molecule has 20 heavy (non-hydrogen) atoms. The van der Waals surface area contributed by atoms with Gasteiger partial charge in [0.15, 0.2) is 0 Å². The number of nitrogens with one attached hydrogen (secondary N) is 1. The topological polar surface area (TPSA) is 28.2 Å². The number of nitrogens with zero attached hydrogens (tertiary/aromatic N) is 2. The van der Waals surface area contributed by atoms with E-state index in [2.05, 4.69) is 43.1 Å². The van der Waals surface area contributed by atoms with Crippen molar-refractivity contribution in [1.29, 1.82) is 0 Å². The third-order valence-corrected chi connectivity index (χ3v) is 3.44. The Morgan fingerprint density at radius 2 is 2.00 bits per heavy atom. The van der Waals surface area contributed by atoms with Gasteiger partial charge in [-0.25, -0.2) is 0 Å². The van der Waals surface area contributed by atoms with E-state index in [9.17, 15) is 0 Å². The number of hydrogen-bond donors (Lipinski definition) is 1. The highest BCUT2D eigenvalue weighted by Crippen LogP contribution is 2.26. The number of anilines is 1. The van der Waals surface area contributed by atoms with Gasteiger partial charge >= 0.3 is 0 Å². The third-order valence-electron chi connectivity index (χ3n) is 3.21. The van der Waals surface area contributed by atoms with E-state index in [1.54, 1.807) is 0 Å². The van der Waals surface area contributed by atoms with Crippen LogP contribution in [0.4, 0.5) is 5.69 Å². The Labute approximate surface area is 126 Å². The van der Waals surface area contributed by atoms with E-state index in [4.69, 9.17) is 11.6 Å². The second kappa shape index (κ2) is 5.98. The van der Waals surface area contributed by atoms with Crippen molar-refractivity contribution in [2.45, 2.75) is 13.8 Å². The first-order valence-corrected chi connectivity index (χ1v) is 7.18. The van der Waals surface area contributed by atoms with E-state index < -0.39 is 0 Å². The van der Waals surface area contributed by atoms with Crippen LogP contribution in [0.2, 0.25) is 5.02 Å². The largest absolute Gasteiger partial charge is 0.384 e. The molecule has 1 heterocycles. The Bertz CT molecular complexity index is 593. The highest BCUT2D eigenvalue weighted by Gasteiger charge is 2.18. The van der Waals surface area contributed by atoms with Gasteiger partial charge in [-0.05, 0) is 43.8 Å². The summed E-state index contributed by atoms with van der Waals surface area (Å²) in [5.74, 6) is 0. The van der Waals surface area contributed by atoms with Gasteiger partial charge < -0.3 is 10.2 Å². The summed E-state index contributed by atoms with van der Waals surface area (Å²) < 4.78 is 0. The number of halogens is 1. The fourth-order valence-corrected chi connectivity index (χ4v) is 2.69. The van der Waals surface area contributed by atoms with Crippen LogP contribution in [0.5, 0.6) is 0 Å². The summed E-state index contributed by atoms with van der Waals surface area (Å²) in [7, 11) is 4.21. The van der Waals surface area contributed by atoms with Gasteiger partial charge in [-0.3, -0.25) is 4.98 Å². The van der Waals surface area contributed by atoms with Crippen LogP contribution >= 0.6 is 11.6 Å². The van der Waals surface area contributed by atoms with Crippen LogP contribution in [0.1, 0.15) is 13.8 Å². The van der Waals surface area contributed by atoms with Crippen molar-refractivity contribution in [2.24, 2.45) is 5.41 Å². The number of pyridine rings is 1. The maximum absolute atomic E-state index is 6.01. The zero-order chi connectivity index (χ0) is 14.8. The standard InChI is InChI=1S/C16H22ClN3/c1-16(2,11-20(3)4)10-19-14-7-8-18-15-9-12(17)5-6-13(14)15/h5-9H,10-11H2,1-4H3,(H,18,19). The van der Waals surface area contributed by atoms with Gasteiger partial charge in [0.05, 0.1) is 5.52 Å². The number of benzene rings is 1. The minimum absolute atomic E-state index is 0.200. The van der Waals surface area contributed by atoms with E-state index in [1.807, 2.05) is 30.5 Å². The lowest BCUT2D eigenvalue weighted by atomic mass is 9.93. The molecular weight excluding hydrogens is 270 g/mol. The molecule has 2 aromatic rings. The lowest BCUT2D eigenvalue weighted by Crippen LogP contribution is -2.34. The minimum atomic E-state index is 0.200. The molecule has 3 nitrogen and oxygen atoms in total. The molecule has 0 bridgehead atoms. The molecule has 0 saturated carbocycles. The van der Waals surface area contributed by atoms with Crippen LogP contribution in [0.25, 0.3) is 10.9 Å². The molecule has 4 heteroatoms. The summed E-state index contributed by atoms with van der Waals surface area (Å²) in [5.41, 5.74) is 2.23. The number of rotatable bonds is 5. The first kappa shape index (κ1) is 15.1. The predicted octanol–water partition coefficient (Wildman–Crippen LogP) is 3.89. The summed E-state index contributed by atoms with van der Waals surface area (Å²) in [6.07, 6.45) is 1.82. The maximum atomic E-state index is 6.01. The molecule has 0 fully saturated rings. The van der Waals surface area contributed by atoms with Crippen LogP contribution in [0, 0.1) is 5.41 Å². The van der Waals surface area contributed by atoms with Crippen molar-refractivity contribution in [3.63, 3.8) is 0 Å². The number of hydrogen-bond acceptors (Lipinski definition) is 3. The van der Waals surface area contributed by atoms with E-state index in [1.165, 1.54) is 0 Å². The second-order valence-electron chi connectivity index (χ2n) is 6.28. The van der Waals surface area contributed by atoms with Gasteiger partial charge in [-0.15, -0.1) is 0 Å². The van der Waals surface area contributed by atoms with Gasteiger partial charge in [0.25, 0.3) is 0 Å². The summed E-state index contributed by atoms with van der Waals surface area (Å²) >= 11 is 6.01. The monoisotopic (exact) mass is 291 g/mol. The fourth-order valence-electron chi connectivity index (χ4n) is 2.52. The SMILES string of the molecule is CN(C)CC(C)(C)CNc1ccnc2cc(Cl)ccc12. The molecule has 0 atom stereocenters. The van der Waals surface area contributed by atoms with Crippen LogP contribution in [-0.2, 0) is 0 Å². The zero-order valence-corrected chi connectivity index (χ0v) is 13.3. The molecule has 1 aromatic heterocycles. The number of aromatic nitrogens is 1. The molecule has 1 aromatic carbocycles. The zero-order valence-electron chi connectivity index (χ0n) is 12.6.